The SMILES string of the molecule is COc1cc(C(=O)N/N=C/c2cc(Br)ccc2OCc2ccc(C)cc2)ccc1OCc1ccccc1. The maximum absolute atomic E-state index is 12.7. The van der Waals surface area contributed by atoms with Gasteiger partial charge in [0.2, 0.25) is 0 Å². The summed E-state index contributed by atoms with van der Waals surface area (Å²) < 4.78 is 18.2. The van der Waals surface area contributed by atoms with Gasteiger partial charge in [-0.05, 0) is 54.4 Å². The van der Waals surface area contributed by atoms with Crippen molar-refractivity contribution >= 4 is 28.1 Å². The smallest absolute Gasteiger partial charge is 0.271 e. The number of rotatable bonds is 10. The van der Waals surface area contributed by atoms with E-state index in [0.717, 1.165) is 21.2 Å². The van der Waals surface area contributed by atoms with Crippen LogP contribution in [0.1, 0.15) is 32.6 Å². The molecule has 0 saturated carbocycles. The molecule has 6 nitrogen and oxygen atoms in total. The summed E-state index contributed by atoms with van der Waals surface area (Å²) in [6.07, 6.45) is 1.56. The van der Waals surface area contributed by atoms with Crippen molar-refractivity contribution < 1.29 is 19.0 Å². The highest BCUT2D eigenvalue weighted by Crippen LogP contribution is 2.29. The molecule has 0 radical (unpaired) electrons. The van der Waals surface area contributed by atoms with E-state index in [4.69, 9.17) is 14.2 Å². The van der Waals surface area contributed by atoms with E-state index >= 15 is 0 Å². The number of methoxy groups -OCH3 is 1. The molecule has 0 heterocycles. The Morgan fingerprint density at radius 1 is 0.838 bits per heavy atom. The average Bonchev–Trinajstić information content (AvgIpc) is 2.92. The summed E-state index contributed by atoms with van der Waals surface area (Å²) in [6.45, 7) is 2.87. The molecule has 0 atom stereocenters. The number of benzene rings is 4. The summed E-state index contributed by atoms with van der Waals surface area (Å²) in [6, 6.07) is 28.6. The minimum atomic E-state index is -0.374. The highest BCUT2D eigenvalue weighted by molar-refractivity contribution is 9.10. The van der Waals surface area contributed by atoms with Gasteiger partial charge in [0, 0.05) is 15.6 Å². The third-order valence-electron chi connectivity index (χ3n) is 5.52. The van der Waals surface area contributed by atoms with Gasteiger partial charge in [-0.25, -0.2) is 5.43 Å². The maximum Gasteiger partial charge on any atom is 0.271 e. The van der Waals surface area contributed by atoms with Gasteiger partial charge in [0.05, 0.1) is 13.3 Å². The molecule has 188 valence electrons. The minimum Gasteiger partial charge on any atom is -0.493 e. The van der Waals surface area contributed by atoms with Crippen molar-refractivity contribution in [3.8, 4) is 17.2 Å². The van der Waals surface area contributed by atoms with E-state index in [1.54, 1.807) is 24.4 Å². The van der Waals surface area contributed by atoms with Crippen LogP contribution in [0.5, 0.6) is 17.2 Å². The standard InChI is InChI=1S/C30H27BrN2O4/c1-21-8-10-23(11-9-21)20-36-27-15-13-26(31)16-25(27)18-32-33-30(34)24-12-14-28(29(17-24)35-2)37-19-22-6-4-3-5-7-22/h3-18H,19-20H2,1-2H3,(H,33,34)/b32-18+. The van der Waals surface area contributed by atoms with Crippen molar-refractivity contribution in [1.82, 2.24) is 5.43 Å². The van der Waals surface area contributed by atoms with Gasteiger partial charge in [-0.15, -0.1) is 0 Å². The number of amides is 1. The third kappa shape index (κ3) is 7.44. The van der Waals surface area contributed by atoms with Crippen molar-refractivity contribution in [1.29, 1.82) is 0 Å². The first-order valence-corrected chi connectivity index (χ1v) is 12.5. The van der Waals surface area contributed by atoms with E-state index in [9.17, 15) is 4.79 Å². The molecule has 1 N–H and O–H groups in total. The topological polar surface area (TPSA) is 69.2 Å². The summed E-state index contributed by atoms with van der Waals surface area (Å²) in [5, 5.41) is 4.14. The lowest BCUT2D eigenvalue weighted by atomic mass is 10.1. The molecule has 0 aliphatic rings. The van der Waals surface area contributed by atoms with Crippen LogP contribution in [-0.2, 0) is 13.2 Å². The molecular weight excluding hydrogens is 532 g/mol. The summed E-state index contributed by atoms with van der Waals surface area (Å²) in [5.74, 6) is 1.30. The van der Waals surface area contributed by atoms with Gasteiger partial charge >= 0.3 is 0 Å². The fraction of sp³-hybridized carbons (Fsp3) is 0.133. The highest BCUT2D eigenvalue weighted by Gasteiger charge is 2.11. The van der Waals surface area contributed by atoms with Crippen LogP contribution in [0.25, 0.3) is 0 Å². The van der Waals surface area contributed by atoms with Crippen molar-refractivity contribution in [3.63, 3.8) is 0 Å². The number of hydrogen-bond acceptors (Lipinski definition) is 5. The van der Waals surface area contributed by atoms with Gasteiger partial charge < -0.3 is 14.2 Å². The second-order valence-electron chi connectivity index (χ2n) is 8.30. The molecule has 7 heteroatoms. The number of nitrogens with one attached hydrogen (secondary N) is 1. The van der Waals surface area contributed by atoms with Crippen LogP contribution >= 0.6 is 15.9 Å². The van der Waals surface area contributed by atoms with E-state index in [0.29, 0.717) is 36.0 Å². The Kier molecular flexibility index (Phi) is 8.94. The zero-order valence-corrected chi connectivity index (χ0v) is 22.2. The molecule has 0 aliphatic carbocycles. The van der Waals surface area contributed by atoms with E-state index in [1.165, 1.54) is 12.7 Å². The predicted molar refractivity (Wildman–Crippen MR) is 148 cm³/mol. The van der Waals surface area contributed by atoms with Crippen LogP contribution in [0.15, 0.2) is 101 Å². The Labute approximate surface area is 225 Å². The van der Waals surface area contributed by atoms with Gasteiger partial charge in [-0.2, -0.15) is 5.10 Å². The van der Waals surface area contributed by atoms with Crippen LogP contribution in [-0.4, -0.2) is 19.2 Å². The summed E-state index contributed by atoms with van der Waals surface area (Å²) in [4.78, 5) is 12.7. The molecule has 0 fully saturated rings. The van der Waals surface area contributed by atoms with Crippen LogP contribution in [0.3, 0.4) is 0 Å². The van der Waals surface area contributed by atoms with Gasteiger partial charge in [-0.3, -0.25) is 4.79 Å². The Bertz CT molecular complexity index is 1370. The molecule has 0 saturated heterocycles. The second kappa shape index (κ2) is 12.7. The van der Waals surface area contributed by atoms with Crippen LogP contribution in [0, 0.1) is 6.92 Å². The number of nitrogens with zero attached hydrogens (tertiary/aromatic N) is 1. The number of carbonyl (C=O) groups is 1. The first-order valence-electron chi connectivity index (χ1n) is 11.7. The van der Waals surface area contributed by atoms with Crippen LogP contribution in [0.2, 0.25) is 0 Å². The fourth-order valence-electron chi connectivity index (χ4n) is 3.49. The molecule has 0 aromatic heterocycles. The summed E-state index contributed by atoms with van der Waals surface area (Å²) >= 11 is 3.48. The normalized spacial score (nSPS) is 10.8. The molecule has 0 spiro atoms. The number of ether oxygens (including phenoxy) is 3. The lowest BCUT2D eigenvalue weighted by Crippen LogP contribution is -2.17. The number of carbonyl (C=O) groups excluding carboxylic acids is 1. The zero-order chi connectivity index (χ0) is 26.0. The molecule has 0 bridgehead atoms. The summed E-state index contributed by atoms with van der Waals surface area (Å²) in [7, 11) is 1.54. The molecular formula is C30H27BrN2O4. The molecule has 0 unspecified atom stereocenters. The molecule has 37 heavy (non-hydrogen) atoms. The minimum absolute atomic E-state index is 0.374. The molecule has 0 aliphatic heterocycles. The molecule has 4 aromatic carbocycles. The number of hydrazone groups is 1. The zero-order valence-electron chi connectivity index (χ0n) is 20.6. The molecule has 1 amide bonds. The molecule has 4 rings (SSSR count). The summed E-state index contributed by atoms with van der Waals surface area (Å²) in [5.41, 5.74) is 6.99. The van der Waals surface area contributed by atoms with E-state index < -0.39 is 0 Å². The van der Waals surface area contributed by atoms with E-state index in [1.807, 2.05) is 67.6 Å². The fourth-order valence-corrected chi connectivity index (χ4v) is 3.86. The van der Waals surface area contributed by atoms with Crippen molar-refractivity contribution in [3.05, 3.63) is 123 Å². The number of aryl methyl sites for hydroxylation is 1. The average molecular weight is 559 g/mol. The van der Waals surface area contributed by atoms with Crippen LogP contribution in [0.4, 0.5) is 0 Å². The van der Waals surface area contributed by atoms with E-state index in [-0.39, 0.29) is 5.91 Å². The van der Waals surface area contributed by atoms with E-state index in [2.05, 4.69) is 38.6 Å². The quantitative estimate of drug-likeness (QED) is 0.174. The Hall–Kier alpha value is -4.10. The molecule has 4 aromatic rings. The largest absolute Gasteiger partial charge is 0.493 e. The first kappa shape index (κ1) is 26.0. The second-order valence-corrected chi connectivity index (χ2v) is 9.21. The lowest BCUT2D eigenvalue weighted by Gasteiger charge is -2.12. The Balaban J connectivity index is 1.39. The monoisotopic (exact) mass is 558 g/mol. The Morgan fingerprint density at radius 2 is 1.51 bits per heavy atom. The van der Waals surface area contributed by atoms with Crippen molar-refractivity contribution in [2.45, 2.75) is 20.1 Å². The predicted octanol–water partition coefficient (Wildman–Crippen LogP) is 6.69. The van der Waals surface area contributed by atoms with Gasteiger partial charge in [0.15, 0.2) is 11.5 Å². The van der Waals surface area contributed by atoms with Crippen molar-refractivity contribution in [2.24, 2.45) is 5.10 Å². The Morgan fingerprint density at radius 3 is 2.24 bits per heavy atom. The van der Waals surface area contributed by atoms with Gasteiger partial charge in [0.1, 0.15) is 19.0 Å². The maximum atomic E-state index is 12.7. The number of hydrogen-bond donors (Lipinski definition) is 1. The lowest BCUT2D eigenvalue weighted by molar-refractivity contribution is 0.0954. The van der Waals surface area contributed by atoms with Gasteiger partial charge in [0.25, 0.3) is 5.91 Å². The van der Waals surface area contributed by atoms with Gasteiger partial charge in [-0.1, -0.05) is 76.1 Å². The van der Waals surface area contributed by atoms with Crippen LogP contribution < -0.4 is 19.6 Å². The highest BCUT2D eigenvalue weighted by atomic mass is 79.9. The number of halogens is 1. The third-order valence-corrected chi connectivity index (χ3v) is 6.01. The first-order chi connectivity index (χ1) is 18.0. The van der Waals surface area contributed by atoms with Crippen molar-refractivity contribution in [2.75, 3.05) is 7.11 Å².